The minimum atomic E-state index is -0.332. The van der Waals surface area contributed by atoms with Crippen molar-refractivity contribution in [1.82, 2.24) is 0 Å². The van der Waals surface area contributed by atoms with Crippen LogP contribution in [0.4, 0.5) is 11.4 Å². The first-order valence-electron chi connectivity index (χ1n) is 7.77. The Morgan fingerprint density at radius 3 is 2.62 bits per heavy atom. The predicted molar refractivity (Wildman–Crippen MR) is 88.6 cm³/mol. The number of nitrogen functional groups attached to an aromatic ring is 1. The number of esters is 1. The van der Waals surface area contributed by atoms with E-state index >= 15 is 0 Å². The lowest BCUT2D eigenvalue weighted by molar-refractivity contribution is 0.0527. The zero-order valence-corrected chi connectivity index (χ0v) is 13.6. The molecule has 4 heteroatoms. The van der Waals surface area contributed by atoms with Gasteiger partial charge >= 0.3 is 5.97 Å². The molecule has 0 aliphatic carbocycles. The van der Waals surface area contributed by atoms with Gasteiger partial charge in [0.2, 0.25) is 0 Å². The lowest BCUT2D eigenvalue weighted by Gasteiger charge is -2.19. The third-order valence-electron chi connectivity index (χ3n) is 3.40. The molecule has 118 valence electrons. The van der Waals surface area contributed by atoms with Crippen LogP contribution < -0.4 is 11.1 Å². The van der Waals surface area contributed by atoms with Crippen LogP contribution in [0.25, 0.3) is 0 Å². The SMILES string of the molecule is CCOC(=O)c1cccc(N)c1NC(C)CCCC(C)C. The van der Waals surface area contributed by atoms with Gasteiger partial charge in [0.05, 0.1) is 23.5 Å². The molecule has 0 heterocycles. The van der Waals surface area contributed by atoms with Crippen molar-refractivity contribution in [3.63, 3.8) is 0 Å². The quantitative estimate of drug-likeness (QED) is 0.560. The zero-order chi connectivity index (χ0) is 15.8. The maximum Gasteiger partial charge on any atom is 0.340 e. The number of anilines is 2. The van der Waals surface area contributed by atoms with E-state index in [0.29, 0.717) is 29.5 Å². The third-order valence-corrected chi connectivity index (χ3v) is 3.40. The van der Waals surface area contributed by atoms with Gasteiger partial charge in [0.15, 0.2) is 0 Å². The van der Waals surface area contributed by atoms with Crippen LogP contribution in [0.1, 0.15) is 57.3 Å². The van der Waals surface area contributed by atoms with Crippen molar-refractivity contribution in [1.29, 1.82) is 0 Å². The summed E-state index contributed by atoms with van der Waals surface area (Å²) in [6.07, 6.45) is 3.42. The molecule has 0 bridgehead atoms. The summed E-state index contributed by atoms with van der Waals surface area (Å²) < 4.78 is 5.08. The minimum Gasteiger partial charge on any atom is -0.462 e. The Balaban J connectivity index is 2.74. The van der Waals surface area contributed by atoms with Gasteiger partial charge in [0, 0.05) is 6.04 Å². The van der Waals surface area contributed by atoms with Crippen molar-refractivity contribution in [3.05, 3.63) is 23.8 Å². The molecular weight excluding hydrogens is 264 g/mol. The lowest BCUT2D eigenvalue weighted by Crippen LogP contribution is -2.19. The first-order valence-corrected chi connectivity index (χ1v) is 7.77. The number of carbonyl (C=O) groups excluding carboxylic acids is 1. The number of benzene rings is 1. The van der Waals surface area contributed by atoms with E-state index in [1.807, 2.05) is 0 Å². The maximum atomic E-state index is 12.0. The summed E-state index contributed by atoms with van der Waals surface area (Å²) in [5.74, 6) is 0.385. The van der Waals surface area contributed by atoms with Crippen molar-refractivity contribution in [2.45, 2.75) is 53.0 Å². The van der Waals surface area contributed by atoms with Gasteiger partial charge in [-0.2, -0.15) is 0 Å². The van der Waals surface area contributed by atoms with Gasteiger partial charge in [-0.25, -0.2) is 4.79 Å². The summed E-state index contributed by atoms with van der Waals surface area (Å²) in [6.45, 7) is 8.73. The predicted octanol–water partition coefficient (Wildman–Crippen LogP) is 4.07. The molecule has 0 aliphatic rings. The average Bonchev–Trinajstić information content (AvgIpc) is 2.40. The van der Waals surface area contributed by atoms with Gasteiger partial charge in [-0.3, -0.25) is 0 Å². The van der Waals surface area contributed by atoms with E-state index in [-0.39, 0.29) is 12.0 Å². The molecule has 4 nitrogen and oxygen atoms in total. The molecule has 0 spiro atoms. The smallest absolute Gasteiger partial charge is 0.340 e. The normalized spacial score (nSPS) is 12.2. The molecule has 0 aromatic heterocycles. The van der Waals surface area contributed by atoms with Crippen LogP contribution in [0.3, 0.4) is 0 Å². The second-order valence-corrected chi connectivity index (χ2v) is 5.86. The minimum absolute atomic E-state index is 0.265. The van der Waals surface area contributed by atoms with Crippen molar-refractivity contribution in [2.24, 2.45) is 5.92 Å². The second kappa shape index (κ2) is 8.55. The Morgan fingerprint density at radius 1 is 1.29 bits per heavy atom. The Bertz CT molecular complexity index is 458. The monoisotopic (exact) mass is 292 g/mol. The van der Waals surface area contributed by atoms with E-state index in [2.05, 4.69) is 26.1 Å². The molecule has 1 atom stereocenters. The largest absolute Gasteiger partial charge is 0.462 e. The molecule has 1 aromatic rings. The highest BCUT2D eigenvalue weighted by molar-refractivity contribution is 5.98. The topological polar surface area (TPSA) is 64.3 Å². The van der Waals surface area contributed by atoms with Gasteiger partial charge in [0.25, 0.3) is 0 Å². The van der Waals surface area contributed by atoms with Crippen LogP contribution in [0, 0.1) is 5.92 Å². The highest BCUT2D eigenvalue weighted by Gasteiger charge is 2.16. The Morgan fingerprint density at radius 2 is 2.00 bits per heavy atom. The molecule has 21 heavy (non-hydrogen) atoms. The molecule has 1 unspecified atom stereocenters. The molecule has 0 saturated heterocycles. The van der Waals surface area contributed by atoms with Gasteiger partial charge in [-0.05, 0) is 38.3 Å². The summed E-state index contributed by atoms with van der Waals surface area (Å²) in [7, 11) is 0. The summed E-state index contributed by atoms with van der Waals surface area (Å²) in [6, 6.07) is 5.58. The zero-order valence-electron chi connectivity index (χ0n) is 13.6. The Hall–Kier alpha value is -1.71. The average molecular weight is 292 g/mol. The van der Waals surface area contributed by atoms with Crippen molar-refractivity contribution in [3.8, 4) is 0 Å². The molecular formula is C17H28N2O2. The van der Waals surface area contributed by atoms with Crippen molar-refractivity contribution >= 4 is 17.3 Å². The second-order valence-electron chi connectivity index (χ2n) is 5.86. The van der Waals surface area contributed by atoms with E-state index in [1.165, 1.54) is 6.42 Å². The van der Waals surface area contributed by atoms with E-state index in [1.54, 1.807) is 25.1 Å². The van der Waals surface area contributed by atoms with Gasteiger partial charge in [0.1, 0.15) is 0 Å². The molecule has 0 aliphatic heterocycles. The maximum absolute atomic E-state index is 12.0. The van der Waals surface area contributed by atoms with Crippen LogP contribution in [0.5, 0.6) is 0 Å². The fourth-order valence-corrected chi connectivity index (χ4v) is 2.26. The summed E-state index contributed by atoms with van der Waals surface area (Å²) in [5.41, 5.74) is 7.79. The Labute approximate surface area is 128 Å². The van der Waals surface area contributed by atoms with E-state index in [0.717, 1.165) is 12.8 Å². The fourth-order valence-electron chi connectivity index (χ4n) is 2.26. The van der Waals surface area contributed by atoms with E-state index < -0.39 is 0 Å². The summed E-state index contributed by atoms with van der Waals surface area (Å²) in [4.78, 5) is 12.0. The molecule has 1 rings (SSSR count). The number of carbonyl (C=O) groups is 1. The molecule has 0 amide bonds. The van der Waals surface area contributed by atoms with Crippen molar-refractivity contribution in [2.75, 3.05) is 17.7 Å². The molecule has 1 aromatic carbocycles. The third kappa shape index (κ3) is 5.66. The molecule has 3 N–H and O–H groups in total. The lowest BCUT2D eigenvalue weighted by atomic mass is 10.0. The number of nitrogens with two attached hydrogens (primary N) is 1. The van der Waals surface area contributed by atoms with Gasteiger partial charge in [-0.1, -0.05) is 32.8 Å². The number of nitrogens with one attached hydrogen (secondary N) is 1. The number of hydrogen-bond acceptors (Lipinski definition) is 4. The van der Waals surface area contributed by atoms with Crippen LogP contribution in [0.15, 0.2) is 18.2 Å². The number of para-hydroxylation sites is 1. The van der Waals surface area contributed by atoms with Crippen LogP contribution in [0.2, 0.25) is 0 Å². The first-order chi connectivity index (χ1) is 9.95. The number of rotatable bonds is 8. The number of hydrogen-bond donors (Lipinski definition) is 2. The van der Waals surface area contributed by atoms with Crippen molar-refractivity contribution < 1.29 is 9.53 Å². The highest BCUT2D eigenvalue weighted by Crippen LogP contribution is 2.26. The molecule has 0 fully saturated rings. The van der Waals surface area contributed by atoms with Crippen LogP contribution in [-0.4, -0.2) is 18.6 Å². The van der Waals surface area contributed by atoms with Crippen LogP contribution >= 0.6 is 0 Å². The summed E-state index contributed by atoms with van der Waals surface area (Å²) in [5, 5.41) is 3.37. The van der Waals surface area contributed by atoms with E-state index in [4.69, 9.17) is 10.5 Å². The fraction of sp³-hybridized carbons (Fsp3) is 0.588. The standard InChI is InChI=1S/C17H28N2O2/c1-5-21-17(20)14-10-7-11-15(18)16(14)19-13(4)9-6-8-12(2)3/h7,10-13,19H,5-6,8-9,18H2,1-4H3. The Kier molecular flexibility index (Phi) is 7.06. The first kappa shape index (κ1) is 17.3. The van der Waals surface area contributed by atoms with E-state index in [9.17, 15) is 4.79 Å². The number of ether oxygens (including phenoxy) is 1. The molecule has 0 radical (unpaired) electrons. The van der Waals surface area contributed by atoms with Gasteiger partial charge in [-0.15, -0.1) is 0 Å². The molecule has 0 saturated carbocycles. The summed E-state index contributed by atoms with van der Waals surface area (Å²) >= 11 is 0. The van der Waals surface area contributed by atoms with Gasteiger partial charge < -0.3 is 15.8 Å². The highest BCUT2D eigenvalue weighted by atomic mass is 16.5. The van der Waals surface area contributed by atoms with Crippen LogP contribution in [-0.2, 0) is 4.74 Å².